The Morgan fingerprint density at radius 2 is 2.03 bits per heavy atom. The number of anilines is 1. The predicted molar refractivity (Wildman–Crippen MR) is 112 cm³/mol. The Labute approximate surface area is 180 Å². The van der Waals surface area contributed by atoms with E-state index in [0.29, 0.717) is 24.4 Å². The molecule has 0 saturated heterocycles. The zero-order valence-corrected chi connectivity index (χ0v) is 17.8. The first-order chi connectivity index (χ1) is 14.8. The van der Waals surface area contributed by atoms with Crippen molar-refractivity contribution in [3.63, 3.8) is 0 Å². The third kappa shape index (κ3) is 6.02. The van der Waals surface area contributed by atoms with Crippen molar-refractivity contribution in [2.24, 2.45) is 5.92 Å². The van der Waals surface area contributed by atoms with Gasteiger partial charge in [0.2, 0.25) is 5.91 Å². The van der Waals surface area contributed by atoms with Crippen molar-refractivity contribution in [3.05, 3.63) is 47.9 Å². The van der Waals surface area contributed by atoms with Crippen LogP contribution in [0.2, 0.25) is 0 Å². The number of aromatic nitrogens is 2. The molecule has 9 heteroatoms. The first-order valence-corrected chi connectivity index (χ1v) is 10.4. The molecule has 2 aromatic rings. The second kappa shape index (κ2) is 10.4. The van der Waals surface area contributed by atoms with Crippen LogP contribution in [0.3, 0.4) is 0 Å². The van der Waals surface area contributed by atoms with E-state index in [-0.39, 0.29) is 24.5 Å². The summed E-state index contributed by atoms with van der Waals surface area (Å²) in [6.07, 6.45) is 1.07. The molecule has 1 aliphatic rings. The summed E-state index contributed by atoms with van der Waals surface area (Å²) in [5.41, 5.74) is 1.39. The molecule has 0 spiro atoms. The highest BCUT2D eigenvalue weighted by Gasteiger charge is 2.32. The highest BCUT2D eigenvalue weighted by Crippen LogP contribution is 2.29. The van der Waals surface area contributed by atoms with Crippen LogP contribution >= 0.6 is 0 Å². The van der Waals surface area contributed by atoms with Gasteiger partial charge >= 0.3 is 6.09 Å². The van der Waals surface area contributed by atoms with E-state index in [1.54, 1.807) is 18.9 Å². The van der Waals surface area contributed by atoms with Gasteiger partial charge in [-0.05, 0) is 31.7 Å². The largest absolute Gasteiger partial charge is 0.445 e. The van der Waals surface area contributed by atoms with E-state index in [9.17, 15) is 18.4 Å². The van der Waals surface area contributed by atoms with Gasteiger partial charge in [0.25, 0.3) is 6.43 Å². The molecule has 1 aliphatic carbocycles. The fourth-order valence-corrected chi connectivity index (χ4v) is 3.88. The summed E-state index contributed by atoms with van der Waals surface area (Å²) in [6.45, 7) is 1.32. The van der Waals surface area contributed by atoms with E-state index < -0.39 is 19.1 Å². The van der Waals surface area contributed by atoms with Gasteiger partial charge in [-0.25, -0.2) is 18.6 Å². The van der Waals surface area contributed by atoms with E-state index in [1.165, 1.54) is 10.9 Å². The predicted octanol–water partition coefficient (Wildman–Crippen LogP) is 4.22. The Hall–Kier alpha value is -2.97. The highest BCUT2D eigenvalue weighted by molar-refractivity contribution is 5.92. The molecule has 31 heavy (non-hydrogen) atoms. The number of ether oxygens (including phenoxy) is 1. The standard InChI is InChI=1S/C22H28F2N4O3/c1-15-20(28(14-25-15)12-19(23)24)26-21(29)17-9-6-10-18(11-17)27(2)22(30)31-13-16-7-4-3-5-8-16/h3-5,7-8,14,17-19H,6,9-13H2,1-2H3,(H,26,29)/t17-,18+/m0/s1. The van der Waals surface area contributed by atoms with Crippen molar-refractivity contribution in [1.82, 2.24) is 14.5 Å². The molecule has 1 saturated carbocycles. The van der Waals surface area contributed by atoms with E-state index in [1.807, 2.05) is 30.3 Å². The van der Waals surface area contributed by atoms with Gasteiger partial charge in [-0.1, -0.05) is 36.8 Å². The number of carbonyl (C=O) groups is 2. The molecule has 0 bridgehead atoms. The minimum Gasteiger partial charge on any atom is -0.445 e. The maximum Gasteiger partial charge on any atom is 0.410 e. The number of rotatable bonds is 7. The van der Waals surface area contributed by atoms with Crippen molar-refractivity contribution in [3.8, 4) is 0 Å². The number of nitrogens with zero attached hydrogens (tertiary/aromatic N) is 3. The van der Waals surface area contributed by atoms with Crippen LogP contribution in [-0.2, 0) is 22.7 Å². The molecule has 2 amide bonds. The van der Waals surface area contributed by atoms with Crippen LogP contribution in [0.25, 0.3) is 0 Å². The number of aryl methyl sites for hydroxylation is 1. The van der Waals surface area contributed by atoms with Crippen LogP contribution in [0.15, 0.2) is 36.7 Å². The molecule has 1 aromatic heterocycles. The highest BCUT2D eigenvalue weighted by atomic mass is 19.3. The van der Waals surface area contributed by atoms with Crippen LogP contribution < -0.4 is 5.32 Å². The van der Waals surface area contributed by atoms with Crippen LogP contribution in [0.4, 0.5) is 19.4 Å². The molecule has 0 unspecified atom stereocenters. The fraction of sp³-hybridized carbons (Fsp3) is 0.500. The summed E-state index contributed by atoms with van der Waals surface area (Å²) >= 11 is 0. The summed E-state index contributed by atoms with van der Waals surface area (Å²) < 4.78 is 32.2. The van der Waals surface area contributed by atoms with Crippen LogP contribution in [0.5, 0.6) is 0 Å². The molecular weight excluding hydrogens is 406 g/mol. The number of halogens is 2. The minimum absolute atomic E-state index is 0.125. The van der Waals surface area contributed by atoms with Crippen LogP contribution in [0.1, 0.15) is 36.9 Å². The second-order valence-corrected chi connectivity index (χ2v) is 7.88. The third-order valence-electron chi connectivity index (χ3n) is 5.66. The lowest BCUT2D eigenvalue weighted by Gasteiger charge is -2.34. The SMILES string of the molecule is Cc1ncn(CC(F)F)c1NC(=O)[C@H]1CCC[C@@H](N(C)C(=O)OCc2ccccc2)C1. The number of amides is 2. The molecule has 1 fully saturated rings. The summed E-state index contributed by atoms with van der Waals surface area (Å²) in [5.74, 6) is -0.268. The first kappa shape index (κ1) is 22.7. The average Bonchev–Trinajstić information content (AvgIpc) is 3.10. The Morgan fingerprint density at radius 1 is 1.29 bits per heavy atom. The summed E-state index contributed by atoms with van der Waals surface area (Å²) in [5, 5.41) is 2.76. The zero-order chi connectivity index (χ0) is 22.4. The molecule has 2 atom stereocenters. The smallest absolute Gasteiger partial charge is 0.410 e. The van der Waals surface area contributed by atoms with E-state index in [4.69, 9.17) is 4.74 Å². The van der Waals surface area contributed by atoms with Gasteiger partial charge in [0.1, 0.15) is 12.4 Å². The van der Waals surface area contributed by atoms with Crippen LogP contribution in [0, 0.1) is 12.8 Å². The van der Waals surface area contributed by atoms with Gasteiger partial charge < -0.3 is 19.5 Å². The Kier molecular flexibility index (Phi) is 7.59. The Balaban J connectivity index is 1.56. The van der Waals surface area contributed by atoms with Crippen LogP contribution in [-0.4, -0.2) is 46.0 Å². The lowest BCUT2D eigenvalue weighted by Crippen LogP contribution is -2.42. The molecule has 3 rings (SSSR count). The number of hydrogen-bond acceptors (Lipinski definition) is 4. The quantitative estimate of drug-likeness (QED) is 0.708. The van der Waals surface area contributed by atoms with Crippen molar-refractivity contribution in [2.45, 2.75) is 58.2 Å². The summed E-state index contributed by atoms with van der Waals surface area (Å²) in [4.78, 5) is 30.9. The molecule has 168 valence electrons. The van der Waals surface area contributed by atoms with Gasteiger partial charge in [0.05, 0.1) is 18.6 Å². The average molecular weight is 434 g/mol. The lowest BCUT2D eigenvalue weighted by molar-refractivity contribution is -0.121. The van der Waals surface area contributed by atoms with Crippen molar-refractivity contribution < 1.29 is 23.1 Å². The topological polar surface area (TPSA) is 76.5 Å². The summed E-state index contributed by atoms with van der Waals surface area (Å²) in [7, 11) is 1.68. The molecule has 0 aliphatic heterocycles. The number of hydrogen-bond donors (Lipinski definition) is 1. The maximum atomic E-state index is 12.8. The molecule has 0 radical (unpaired) electrons. The van der Waals surface area contributed by atoms with Gasteiger partial charge in [-0.2, -0.15) is 0 Å². The van der Waals surface area contributed by atoms with Crippen molar-refractivity contribution >= 4 is 17.8 Å². The van der Waals surface area contributed by atoms with E-state index in [2.05, 4.69) is 10.3 Å². The molecule has 1 heterocycles. The first-order valence-electron chi connectivity index (χ1n) is 10.4. The molecular formula is C22H28F2N4O3. The number of nitrogens with one attached hydrogen (secondary N) is 1. The van der Waals surface area contributed by atoms with Gasteiger partial charge in [-0.3, -0.25) is 4.79 Å². The van der Waals surface area contributed by atoms with Crippen molar-refractivity contribution in [2.75, 3.05) is 12.4 Å². The van der Waals surface area contributed by atoms with E-state index >= 15 is 0 Å². The third-order valence-corrected chi connectivity index (χ3v) is 5.66. The molecule has 1 aromatic carbocycles. The van der Waals surface area contributed by atoms with E-state index in [0.717, 1.165) is 18.4 Å². The summed E-state index contributed by atoms with van der Waals surface area (Å²) in [6, 6.07) is 9.30. The van der Waals surface area contributed by atoms with Gasteiger partial charge in [0, 0.05) is 19.0 Å². The zero-order valence-electron chi connectivity index (χ0n) is 17.8. The number of alkyl halides is 2. The number of imidazole rings is 1. The minimum atomic E-state index is -2.54. The second-order valence-electron chi connectivity index (χ2n) is 7.88. The van der Waals surface area contributed by atoms with Crippen molar-refractivity contribution in [1.29, 1.82) is 0 Å². The van der Waals surface area contributed by atoms with Gasteiger partial charge in [-0.15, -0.1) is 0 Å². The Morgan fingerprint density at radius 3 is 2.74 bits per heavy atom. The Bertz CT molecular complexity index is 888. The normalized spacial score (nSPS) is 18.6. The molecule has 1 N–H and O–H groups in total. The number of benzene rings is 1. The fourth-order valence-electron chi connectivity index (χ4n) is 3.88. The monoisotopic (exact) mass is 434 g/mol. The lowest BCUT2D eigenvalue weighted by atomic mass is 9.84. The van der Waals surface area contributed by atoms with Gasteiger partial charge in [0.15, 0.2) is 0 Å². The molecule has 7 nitrogen and oxygen atoms in total. The number of carbonyl (C=O) groups excluding carboxylic acids is 2. The maximum absolute atomic E-state index is 12.8.